The van der Waals surface area contributed by atoms with Crippen molar-refractivity contribution in [3.63, 3.8) is 0 Å². The molecule has 1 N–H and O–H groups in total. The van der Waals surface area contributed by atoms with Gasteiger partial charge in [-0.25, -0.2) is 0 Å². The topological polar surface area (TPSA) is 59.0 Å². The molecular formula is C20H22ClNO4. The number of aliphatic hydroxyl groups is 1. The lowest BCUT2D eigenvalue weighted by molar-refractivity contribution is 0.0579. The quantitative estimate of drug-likeness (QED) is 0.605. The molecule has 138 valence electrons. The lowest BCUT2D eigenvalue weighted by atomic mass is 10.3. The molecule has 1 aromatic carbocycles. The van der Waals surface area contributed by atoms with E-state index >= 15 is 0 Å². The van der Waals surface area contributed by atoms with Crippen LogP contribution in [0.25, 0.3) is 0 Å². The van der Waals surface area contributed by atoms with Gasteiger partial charge in [0, 0.05) is 11.6 Å². The largest absolute Gasteiger partial charge is 0.491 e. The minimum atomic E-state index is -0.656. The Morgan fingerprint density at radius 1 is 1.08 bits per heavy atom. The first-order chi connectivity index (χ1) is 12.6. The fourth-order valence-electron chi connectivity index (χ4n) is 2.67. The van der Waals surface area contributed by atoms with E-state index in [0.29, 0.717) is 30.4 Å². The summed E-state index contributed by atoms with van der Waals surface area (Å²) >= 11 is 5.86. The molecule has 2 aromatic heterocycles. The van der Waals surface area contributed by atoms with E-state index in [2.05, 4.69) is 4.90 Å². The predicted molar refractivity (Wildman–Crippen MR) is 99.2 cm³/mol. The van der Waals surface area contributed by atoms with Gasteiger partial charge in [-0.15, -0.1) is 0 Å². The Labute approximate surface area is 157 Å². The number of aryl methyl sites for hydroxylation is 1. The minimum absolute atomic E-state index is 0.188. The van der Waals surface area contributed by atoms with Gasteiger partial charge in [-0.3, -0.25) is 4.90 Å². The van der Waals surface area contributed by atoms with Crippen LogP contribution >= 0.6 is 11.6 Å². The summed E-state index contributed by atoms with van der Waals surface area (Å²) in [4.78, 5) is 2.06. The Morgan fingerprint density at radius 2 is 1.85 bits per heavy atom. The van der Waals surface area contributed by atoms with Gasteiger partial charge >= 0.3 is 0 Å². The number of benzene rings is 1. The Hall–Kier alpha value is -2.21. The molecule has 5 nitrogen and oxygen atoms in total. The third kappa shape index (κ3) is 5.66. The molecule has 0 bridgehead atoms. The zero-order chi connectivity index (χ0) is 18.4. The maximum absolute atomic E-state index is 10.4. The molecule has 2 heterocycles. The van der Waals surface area contributed by atoms with Crippen molar-refractivity contribution in [3.05, 3.63) is 77.1 Å². The number of hydrogen-bond donors (Lipinski definition) is 1. The van der Waals surface area contributed by atoms with E-state index in [1.165, 1.54) is 0 Å². The van der Waals surface area contributed by atoms with Crippen LogP contribution in [-0.4, -0.2) is 29.3 Å². The molecule has 3 rings (SSSR count). The van der Waals surface area contributed by atoms with Crippen LogP contribution in [0.15, 0.2) is 63.6 Å². The van der Waals surface area contributed by atoms with Gasteiger partial charge in [0.15, 0.2) is 0 Å². The molecule has 3 aromatic rings. The third-order valence-electron chi connectivity index (χ3n) is 3.86. The smallest absolute Gasteiger partial charge is 0.119 e. The summed E-state index contributed by atoms with van der Waals surface area (Å²) in [6.45, 7) is 3.67. The van der Waals surface area contributed by atoms with E-state index in [0.717, 1.165) is 17.3 Å². The summed E-state index contributed by atoms with van der Waals surface area (Å²) in [7, 11) is 0. The normalized spacial score (nSPS) is 12.5. The SMILES string of the molecule is Cc1ccc(CN(Cc2ccco2)C[C@@H](O)COc2ccc(Cl)cc2)o1. The number of furan rings is 2. The van der Waals surface area contributed by atoms with E-state index < -0.39 is 6.10 Å². The number of ether oxygens (including phenoxy) is 1. The van der Waals surface area contributed by atoms with Gasteiger partial charge in [0.1, 0.15) is 35.7 Å². The first kappa shape index (κ1) is 18.6. The van der Waals surface area contributed by atoms with Gasteiger partial charge in [-0.05, 0) is 55.5 Å². The minimum Gasteiger partial charge on any atom is -0.491 e. The van der Waals surface area contributed by atoms with Crippen molar-refractivity contribution in [2.45, 2.75) is 26.1 Å². The van der Waals surface area contributed by atoms with Crippen molar-refractivity contribution in [2.75, 3.05) is 13.2 Å². The fraction of sp³-hybridized carbons (Fsp3) is 0.300. The third-order valence-corrected chi connectivity index (χ3v) is 4.11. The van der Waals surface area contributed by atoms with E-state index in [1.807, 2.05) is 31.2 Å². The predicted octanol–water partition coefficient (Wildman–Crippen LogP) is 4.28. The van der Waals surface area contributed by atoms with Crippen molar-refractivity contribution in [1.82, 2.24) is 4.90 Å². The fourth-order valence-corrected chi connectivity index (χ4v) is 2.80. The molecule has 0 amide bonds. The number of hydrogen-bond acceptors (Lipinski definition) is 5. The number of rotatable bonds is 9. The second-order valence-electron chi connectivity index (χ2n) is 6.18. The van der Waals surface area contributed by atoms with E-state index in [9.17, 15) is 5.11 Å². The van der Waals surface area contributed by atoms with Crippen LogP contribution in [0.1, 0.15) is 17.3 Å². The maximum Gasteiger partial charge on any atom is 0.119 e. The summed E-state index contributed by atoms with van der Waals surface area (Å²) in [6, 6.07) is 14.7. The van der Waals surface area contributed by atoms with E-state index in [4.69, 9.17) is 25.2 Å². The van der Waals surface area contributed by atoms with E-state index in [1.54, 1.807) is 30.5 Å². The highest BCUT2D eigenvalue weighted by Crippen LogP contribution is 2.17. The lowest BCUT2D eigenvalue weighted by Crippen LogP contribution is -2.34. The number of halogens is 1. The van der Waals surface area contributed by atoms with Crippen LogP contribution in [0.3, 0.4) is 0 Å². The Bertz CT molecular complexity index is 783. The molecule has 6 heteroatoms. The molecule has 0 spiro atoms. The van der Waals surface area contributed by atoms with Crippen LogP contribution in [0.4, 0.5) is 0 Å². The number of nitrogens with zero attached hydrogens (tertiary/aromatic N) is 1. The van der Waals surface area contributed by atoms with Crippen molar-refractivity contribution in [3.8, 4) is 5.75 Å². The van der Waals surface area contributed by atoms with Crippen LogP contribution in [0.2, 0.25) is 5.02 Å². The first-order valence-corrected chi connectivity index (χ1v) is 8.83. The average molecular weight is 376 g/mol. The van der Waals surface area contributed by atoms with Gasteiger partial charge < -0.3 is 18.7 Å². The molecule has 0 saturated carbocycles. The van der Waals surface area contributed by atoms with Crippen LogP contribution in [0.5, 0.6) is 5.75 Å². The Kier molecular flexibility index (Phi) is 6.39. The molecule has 0 aliphatic rings. The van der Waals surface area contributed by atoms with Gasteiger partial charge in [-0.1, -0.05) is 11.6 Å². The molecule has 0 radical (unpaired) electrons. The Balaban J connectivity index is 1.57. The van der Waals surface area contributed by atoms with Gasteiger partial charge in [0.25, 0.3) is 0 Å². The highest BCUT2D eigenvalue weighted by Gasteiger charge is 2.16. The number of aliphatic hydroxyl groups excluding tert-OH is 1. The summed E-state index contributed by atoms with van der Waals surface area (Å²) in [5.41, 5.74) is 0. The second kappa shape index (κ2) is 8.94. The van der Waals surface area contributed by atoms with Crippen LogP contribution in [-0.2, 0) is 13.1 Å². The second-order valence-corrected chi connectivity index (χ2v) is 6.62. The van der Waals surface area contributed by atoms with Gasteiger partial charge in [0.2, 0.25) is 0 Å². The molecule has 26 heavy (non-hydrogen) atoms. The average Bonchev–Trinajstić information content (AvgIpc) is 3.26. The Morgan fingerprint density at radius 3 is 2.50 bits per heavy atom. The van der Waals surface area contributed by atoms with Crippen LogP contribution < -0.4 is 4.74 Å². The maximum atomic E-state index is 10.4. The summed E-state index contributed by atoms with van der Waals surface area (Å²) in [6.07, 6.45) is 0.988. The van der Waals surface area contributed by atoms with Crippen molar-refractivity contribution < 1.29 is 18.7 Å². The molecule has 0 unspecified atom stereocenters. The lowest BCUT2D eigenvalue weighted by Gasteiger charge is -2.23. The van der Waals surface area contributed by atoms with E-state index in [-0.39, 0.29) is 6.61 Å². The summed E-state index contributed by atoms with van der Waals surface area (Å²) < 4.78 is 16.7. The first-order valence-electron chi connectivity index (χ1n) is 8.45. The summed E-state index contributed by atoms with van der Waals surface area (Å²) in [5.74, 6) is 3.22. The van der Waals surface area contributed by atoms with Crippen LogP contribution in [0, 0.1) is 6.92 Å². The molecular weight excluding hydrogens is 354 g/mol. The monoisotopic (exact) mass is 375 g/mol. The highest BCUT2D eigenvalue weighted by molar-refractivity contribution is 6.30. The molecule has 0 saturated heterocycles. The molecule has 1 atom stereocenters. The molecule has 0 aliphatic heterocycles. The van der Waals surface area contributed by atoms with Crippen molar-refractivity contribution in [1.29, 1.82) is 0 Å². The summed E-state index contributed by atoms with van der Waals surface area (Å²) in [5, 5.41) is 11.0. The zero-order valence-electron chi connectivity index (χ0n) is 14.6. The highest BCUT2D eigenvalue weighted by atomic mass is 35.5. The molecule has 0 aliphatic carbocycles. The van der Waals surface area contributed by atoms with Crippen molar-refractivity contribution >= 4 is 11.6 Å². The standard InChI is InChI=1S/C20H22ClNO4/c1-15-4-7-20(26-15)13-22(12-19-3-2-10-24-19)11-17(23)14-25-18-8-5-16(21)6-9-18/h2-10,17,23H,11-14H2,1H3/t17-/m1/s1. The zero-order valence-corrected chi connectivity index (χ0v) is 15.4. The van der Waals surface area contributed by atoms with Gasteiger partial charge in [0.05, 0.1) is 19.4 Å². The molecule has 0 fully saturated rings. The van der Waals surface area contributed by atoms with Gasteiger partial charge in [-0.2, -0.15) is 0 Å². The van der Waals surface area contributed by atoms with Crippen molar-refractivity contribution in [2.24, 2.45) is 0 Å².